The largest absolute Gasteiger partial charge is 0.476 e. The fourth-order valence-corrected chi connectivity index (χ4v) is 2.88. The van der Waals surface area contributed by atoms with Crippen LogP contribution in [0.2, 0.25) is 0 Å². The molecule has 1 aliphatic heterocycles. The smallest absolute Gasteiger partial charge is 0.231 e. The molecule has 1 fully saturated rings. The molecule has 0 amide bonds. The monoisotopic (exact) mass is 320 g/mol. The number of ether oxygens (including phenoxy) is 1. The van der Waals surface area contributed by atoms with Gasteiger partial charge >= 0.3 is 0 Å². The van der Waals surface area contributed by atoms with Gasteiger partial charge in [-0.3, -0.25) is 0 Å². The molecular weight excluding hydrogens is 304 g/mol. The second-order valence-corrected chi connectivity index (χ2v) is 6.07. The standard InChI is InChI=1S/C18H16N4O2/c1-2-4-15-13(3-1)7-16(24-15)14-10-20-17-5-6-18(21-22(14)17)23-11-12-8-19-9-12/h1-7,10,12,19H,8-9,11H2. The molecule has 0 saturated carbocycles. The van der Waals surface area contributed by atoms with E-state index in [4.69, 9.17) is 9.15 Å². The van der Waals surface area contributed by atoms with Gasteiger partial charge < -0.3 is 14.5 Å². The lowest BCUT2D eigenvalue weighted by Crippen LogP contribution is -2.45. The average molecular weight is 320 g/mol. The van der Waals surface area contributed by atoms with E-state index in [9.17, 15) is 0 Å². The minimum Gasteiger partial charge on any atom is -0.476 e. The first kappa shape index (κ1) is 13.6. The van der Waals surface area contributed by atoms with Crippen LogP contribution in [0.3, 0.4) is 0 Å². The summed E-state index contributed by atoms with van der Waals surface area (Å²) < 4.78 is 13.5. The van der Waals surface area contributed by atoms with Crippen molar-refractivity contribution in [3.63, 3.8) is 0 Å². The van der Waals surface area contributed by atoms with Crippen molar-refractivity contribution < 1.29 is 9.15 Å². The number of benzene rings is 1. The van der Waals surface area contributed by atoms with Crippen LogP contribution in [0.25, 0.3) is 28.1 Å². The summed E-state index contributed by atoms with van der Waals surface area (Å²) >= 11 is 0. The van der Waals surface area contributed by atoms with Gasteiger partial charge in [0.15, 0.2) is 11.4 Å². The highest BCUT2D eigenvalue weighted by atomic mass is 16.5. The molecule has 0 unspecified atom stereocenters. The second-order valence-electron chi connectivity index (χ2n) is 6.07. The summed E-state index contributed by atoms with van der Waals surface area (Å²) in [6.07, 6.45) is 1.78. The zero-order valence-corrected chi connectivity index (χ0v) is 13.0. The number of para-hydroxylation sites is 1. The Labute approximate surface area is 138 Å². The fraction of sp³-hybridized carbons (Fsp3) is 0.222. The Hall–Kier alpha value is -2.86. The van der Waals surface area contributed by atoms with Gasteiger partial charge in [0.2, 0.25) is 5.88 Å². The maximum Gasteiger partial charge on any atom is 0.231 e. The van der Waals surface area contributed by atoms with E-state index in [-0.39, 0.29) is 0 Å². The van der Waals surface area contributed by atoms with Gasteiger partial charge in [0.25, 0.3) is 0 Å². The molecule has 0 spiro atoms. The van der Waals surface area contributed by atoms with Crippen LogP contribution < -0.4 is 10.1 Å². The van der Waals surface area contributed by atoms with Crippen molar-refractivity contribution in [2.45, 2.75) is 0 Å². The van der Waals surface area contributed by atoms with Crippen LogP contribution >= 0.6 is 0 Å². The van der Waals surface area contributed by atoms with E-state index in [0.717, 1.165) is 41.2 Å². The molecule has 0 atom stereocenters. The quantitative estimate of drug-likeness (QED) is 0.626. The minimum absolute atomic E-state index is 0.570. The van der Waals surface area contributed by atoms with E-state index in [0.29, 0.717) is 18.4 Å². The second kappa shape index (κ2) is 5.35. The summed E-state index contributed by atoms with van der Waals surface area (Å²) in [5.74, 6) is 1.92. The highest BCUT2D eigenvalue weighted by Gasteiger charge is 2.18. The first-order valence-electron chi connectivity index (χ1n) is 8.04. The van der Waals surface area contributed by atoms with E-state index in [1.54, 1.807) is 10.7 Å². The van der Waals surface area contributed by atoms with Crippen molar-refractivity contribution in [3.05, 3.63) is 48.7 Å². The highest BCUT2D eigenvalue weighted by Crippen LogP contribution is 2.28. The Morgan fingerprint density at radius 3 is 2.96 bits per heavy atom. The average Bonchev–Trinajstić information content (AvgIpc) is 3.16. The number of aromatic nitrogens is 3. The maximum absolute atomic E-state index is 5.94. The van der Waals surface area contributed by atoms with Gasteiger partial charge in [0.1, 0.15) is 11.3 Å². The third kappa shape index (κ3) is 2.23. The predicted octanol–water partition coefficient (Wildman–Crippen LogP) is 2.74. The van der Waals surface area contributed by atoms with E-state index >= 15 is 0 Å². The van der Waals surface area contributed by atoms with Crippen molar-refractivity contribution in [2.24, 2.45) is 5.92 Å². The molecular formula is C18H16N4O2. The van der Waals surface area contributed by atoms with Gasteiger partial charge in [-0.2, -0.15) is 0 Å². The SMILES string of the molecule is c1ccc2oc(-c3cnc4ccc(OCC5CNC5)nn34)cc2c1. The van der Waals surface area contributed by atoms with Crippen molar-refractivity contribution in [1.82, 2.24) is 19.9 Å². The molecule has 1 saturated heterocycles. The van der Waals surface area contributed by atoms with E-state index in [1.165, 1.54) is 0 Å². The van der Waals surface area contributed by atoms with Crippen LogP contribution in [0.4, 0.5) is 0 Å². The molecule has 5 rings (SSSR count). The molecule has 0 radical (unpaired) electrons. The van der Waals surface area contributed by atoms with Crippen LogP contribution in [0, 0.1) is 5.92 Å². The summed E-state index contributed by atoms with van der Waals surface area (Å²) in [7, 11) is 0. The van der Waals surface area contributed by atoms with Crippen molar-refractivity contribution in [1.29, 1.82) is 0 Å². The number of rotatable bonds is 4. The van der Waals surface area contributed by atoms with Crippen LogP contribution in [0.5, 0.6) is 5.88 Å². The summed E-state index contributed by atoms with van der Waals surface area (Å²) in [4.78, 5) is 4.40. The third-order valence-electron chi connectivity index (χ3n) is 4.35. The van der Waals surface area contributed by atoms with Gasteiger partial charge in [-0.25, -0.2) is 9.50 Å². The third-order valence-corrected chi connectivity index (χ3v) is 4.35. The molecule has 4 aromatic rings. The molecule has 24 heavy (non-hydrogen) atoms. The Kier molecular flexibility index (Phi) is 3.02. The summed E-state index contributed by atoms with van der Waals surface area (Å²) in [6.45, 7) is 2.70. The van der Waals surface area contributed by atoms with Crippen LogP contribution in [-0.4, -0.2) is 34.3 Å². The van der Waals surface area contributed by atoms with Crippen molar-refractivity contribution in [3.8, 4) is 17.3 Å². The van der Waals surface area contributed by atoms with Crippen LogP contribution in [0.15, 0.2) is 53.1 Å². The van der Waals surface area contributed by atoms with E-state index in [2.05, 4.69) is 15.4 Å². The minimum atomic E-state index is 0.570. The molecule has 120 valence electrons. The molecule has 3 aromatic heterocycles. The summed E-state index contributed by atoms with van der Waals surface area (Å²) in [5, 5.41) is 8.86. The molecule has 0 bridgehead atoms. The van der Waals surface area contributed by atoms with Gasteiger partial charge in [-0.15, -0.1) is 5.10 Å². The first-order valence-corrected chi connectivity index (χ1v) is 8.04. The number of hydrogen-bond donors (Lipinski definition) is 1. The molecule has 1 N–H and O–H groups in total. The summed E-state index contributed by atoms with van der Waals surface area (Å²) in [6, 6.07) is 13.7. The van der Waals surface area contributed by atoms with Gasteiger partial charge in [-0.05, 0) is 18.2 Å². The summed E-state index contributed by atoms with van der Waals surface area (Å²) in [5.41, 5.74) is 2.44. The Balaban J connectivity index is 1.52. The molecule has 6 heteroatoms. The maximum atomic E-state index is 5.94. The van der Waals surface area contributed by atoms with Crippen molar-refractivity contribution in [2.75, 3.05) is 19.7 Å². The van der Waals surface area contributed by atoms with Crippen molar-refractivity contribution >= 4 is 16.6 Å². The predicted molar refractivity (Wildman–Crippen MR) is 90.0 cm³/mol. The van der Waals surface area contributed by atoms with Crippen LogP contribution in [-0.2, 0) is 0 Å². The van der Waals surface area contributed by atoms with Crippen LogP contribution in [0.1, 0.15) is 0 Å². The number of fused-ring (bicyclic) bond motifs is 2. The Morgan fingerprint density at radius 2 is 2.12 bits per heavy atom. The normalized spacial score (nSPS) is 15.0. The number of nitrogens with zero attached hydrogens (tertiary/aromatic N) is 3. The van der Waals surface area contributed by atoms with Gasteiger partial charge in [0, 0.05) is 30.5 Å². The highest BCUT2D eigenvalue weighted by molar-refractivity contribution is 5.82. The zero-order valence-electron chi connectivity index (χ0n) is 13.0. The molecule has 6 nitrogen and oxygen atoms in total. The number of nitrogens with one attached hydrogen (secondary N) is 1. The molecule has 1 aromatic carbocycles. The number of furan rings is 1. The zero-order chi connectivity index (χ0) is 15.9. The topological polar surface area (TPSA) is 64.6 Å². The van der Waals surface area contributed by atoms with E-state index in [1.807, 2.05) is 42.5 Å². The van der Waals surface area contributed by atoms with E-state index < -0.39 is 0 Å². The molecule has 4 heterocycles. The molecule has 0 aliphatic carbocycles. The lowest BCUT2D eigenvalue weighted by molar-refractivity contribution is 0.191. The Bertz CT molecular complexity index is 983. The number of hydrogen-bond acceptors (Lipinski definition) is 5. The van der Waals surface area contributed by atoms with Gasteiger partial charge in [0.05, 0.1) is 12.8 Å². The fourth-order valence-electron chi connectivity index (χ4n) is 2.88. The lowest BCUT2D eigenvalue weighted by atomic mass is 10.1. The lowest BCUT2D eigenvalue weighted by Gasteiger charge is -2.26. The first-order chi connectivity index (χ1) is 11.9. The molecule has 1 aliphatic rings. The Morgan fingerprint density at radius 1 is 1.21 bits per heavy atom. The number of imidazole rings is 1. The van der Waals surface area contributed by atoms with Gasteiger partial charge in [-0.1, -0.05) is 18.2 Å².